The van der Waals surface area contributed by atoms with Crippen LogP contribution in [0.1, 0.15) is 23.9 Å². The number of amides is 1. The summed E-state index contributed by atoms with van der Waals surface area (Å²) in [7, 11) is 0. The second-order valence-corrected chi connectivity index (χ2v) is 5.99. The lowest BCUT2D eigenvalue weighted by molar-refractivity contribution is -0.112. The molecule has 1 N–H and O–H groups in total. The van der Waals surface area contributed by atoms with Crippen LogP contribution in [0.15, 0.2) is 23.8 Å². The molecule has 0 saturated heterocycles. The molecule has 1 amide bonds. The van der Waals surface area contributed by atoms with Gasteiger partial charge in [0.05, 0.1) is 16.4 Å². The lowest BCUT2D eigenvalue weighted by Crippen LogP contribution is -2.14. The van der Waals surface area contributed by atoms with Gasteiger partial charge in [-0.05, 0) is 45.0 Å². The van der Waals surface area contributed by atoms with Crippen molar-refractivity contribution in [2.75, 3.05) is 5.32 Å². The maximum Gasteiger partial charge on any atom is 0.266 e. The van der Waals surface area contributed by atoms with Gasteiger partial charge in [-0.15, -0.1) is 0 Å². The van der Waals surface area contributed by atoms with Crippen molar-refractivity contribution in [2.24, 2.45) is 0 Å². The van der Waals surface area contributed by atoms with Crippen LogP contribution in [0, 0.1) is 25.2 Å². The Balaban J connectivity index is 2.35. The molecule has 0 bridgehead atoms. The largest absolute Gasteiger partial charge is 0.320 e. The summed E-state index contributed by atoms with van der Waals surface area (Å²) in [5.41, 5.74) is 2.74. The van der Waals surface area contributed by atoms with Crippen LogP contribution in [0.3, 0.4) is 0 Å². The Morgan fingerprint density at radius 3 is 2.71 bits per heavy atom. The zero-order valence-corrected chi connectivity index (χ0v) is 15.0. The van der Waals surface area contributed by atoms with Crippen molar-refractivity contribution in [2.45, 2.75) is 27.3 Å². The van der Waals surface area contributed by atoms with Crippen LogP contribution in [0.2, 0.25) is 10.0 Å². The average Bonchev–Trinajstić information content (AvgIpc) is 2.82. The number of hydrogen-bond acceptors (Lipinski definition) is 3. The summed E-state index contributed by atoms with van der Waals surface area (Å²) < 4.78 is 1.82. The van der Waals surface area contributed by atoms with Crippen molar-refractivity contribution in [3.05, 3.63) is 50.8 Å². The average molecular weight is 363 g/mol. The Morgan fingerprint density at radius 2 is 2.12 bits per heavy atom. The Bertz CT molecular complexity index is 862. The van der Waals surface area contributed by atoms with Gasteiger partial charge in [0, 0.05) is 22.8 Å². The van der Waals surface area contributed by atoms with Gasteiger partial charge in [-0.1, -0.05) is 23.2 Å². The molecular weight excluding hydrogens is 347 g/mol. The molecular formula is C17H16Cl2N4O. The van der Waals surface area contributed by atoms with Crippen LogP contribution in [0.25, 0.3) is 6.08 Å². The molecule has 24 heavy (non-hydrogen) atoms. The molecule has 124 valence electrons. The minimum absolute atomic E-state index is 0.0344. The van der Waals surface area contributed by atoms with Crippen LogP contribution in [0.4, 0.5) is 5.69 Å². The van der Waals surface area contributed by atoms with Crippen LogP contribution in [0.5, 0.6) is 0 Å². The molecule has 0 spiro atoms. The number of nitrogens with one attached hydrogen (secondary N) is 1. The molecule has 0 atom stereocenters. The zero-order valence-electron chi connectivity index (χ0n) is 13.5. The molecule has 2 aromatic rings. The lowest BCUT2D eigenvalue weighted by atomic mass is 10.1. The quantitative estimate of drug-likeness (QED) is 0.648. The number of aryl methyl sites for hydroxylation is 2. The third-order valence-electron chi connectivity index (χ3n) is 3.57. The zero-order chi connectivity index (χ0) is 17.9. The number of rotatable bonds is 4. The van der Waals surface area contributed by atoms with Crippen molar-refractivity contribution in [3.8, 4) is 6.07 Å². The minimum Gasteiger partial charge on any atom is -0.320 e. The summed E-state index contributed by atoms with van der Waals surface area (Å²) in [6.07, 6.45) is 1.54. The third kappa shape index (κ3) is 3.78. The molecule has 0 aliphatic rings. The van der Waals surface area contributed by atoms with Gasteiger partial charge in [0.15, 0.2) is 0 Å². The third-order valence-corrected chi connectivity index (χ3v) is 4.13. The summed E-state index contributed by atoms with van der Waals surface area (Å²) in [4.78, 5) is 12.4. The van der Waals surface area contributed by atoms with Gasteiger partial charge >= 0.3 is 0 Å². The molecule has 5 nitrogen and oxygen atoms in total. The van der Waals surface area contributed by atoms with Gasteiger partial charge < -0.3 is 5.32 Å². The van der Waals surface area contributed by atoms with E-state index in [-0.39, 0.29) is 5.57 Å². The van der Waals surface area contributed by atoms with Gasteiger partial charge in [-0.3, -0.25) is 9.48 Å². The molecule has 2 rings (SSSR count). The first-order valence-electron chi connectivity index (χ1n) is 7.29. The summed E-state index contributed by atoms with van der Waals surface area (Å²) in [5, 5.41) is 17.1. The van der Waals surface area contributed by atoms with Crippen LogP contribution in [-0.2, 0) is 11.3 Å². The SMILES string of the molecule is CCn1nc(C)c(/C=C(\C#N)C(=O)Nc2cc(Cl)ccc2Cl)c1C. The van der Waals surface area contributed by atoms with Crippen molar-refractivity contribution < 1.29 is 4.79 Å². The van der Waals surface area contributed by atoms with E-state index in [1.807, 2.05) is 31.5 Å². The number of carbonyl (C=O) groups is 1. The van der Waals surface area contributed by atoms with Crippen molar-refractivity contribution in [1.29, 1.82) is 5.26 Å². The summed E-state index contributed by atoms with van der Waals surface area (Å²) in [6, 6.07) is 6.65. The number of anilines is 1. The number of halogens is 2. The van der Waals surface area contributed by atoms with E-state index >= 15 is 0 Å². The first-order chi connectivity index (χ1) is 11.4. The van der Waals surface area contributed by atoms with Gasteiger partial charge in [-0.25, -0.2) is 0 Å². The molecule has 0 fully saturated rings. The predicted octanol–water partition coefficient (Wildman–Crippen LogP) is 4.37. The van der Waals surface area contributed by atoms with E-state index in [0.717, 1.165) is 17.0 Å². The highest BCUT2D eigenvalue weighted by Gasteiger charge is 2.15. The Kier molecular flexibility index (Phi) is 5.66. The maximum atomic E-state index is 12.4. The van der Waals surface area contributed by atoms with E-state index in [0.29, 0.717) is 22.3 Å². The predicted molar refractivity (Wildman–Crippen MR) is 96.1 cm³/mol. The van der Waals surface area contributed by atoms with E-state index in [1.165, 1.54) is 12.1 Å². The van der Waals surface area contributed by atoms with Crippen LogP contribution in [-0.4, -0.2) is 15.7 Å². The van der Waals surface area contributed by atoms with Gasteiger partial charge in [0.1, 0.15) is 11.6 Å². The fourth-order valence-corrected chi connectivity index (χ4v) is 2.64. The normalized spacial score (nSPS) is 11.2. The Morgan fingerprint density at radius 1 is 1.42 bits per heavy atom. The second-order valence-electron chi connectivity index (χ2n) is 5.15. The number of carbonyl (C=O) groups excluding carboxylic acids is 1. The lowest BCUT2D eigenvalue weighted by Gasteiger charge is -2.07. The van der Waals surface area contributed by atoms with Gasteiger partial charge in [0.25, 0.3) is 5.91 Å². The Labute approximate surface area is 150 Å². The number of hydrogen-bond donors (Lipinski definition) is 1. The van der Waals surface area contributed by atoms with Crippen molar-refractivity contribution in [3.63, 3.8) is 0 Å². The van der Waals surface area contributed by atoms with E-state index in [1.54, 1.807) is 12.1 Å². The molecule has 0 unspecified atom stereocenters. The topological polar surface area (TPSA) is 70.7 Å². The number of benzene rings is 1. The number of nitrogens with zero attached hydrogens (tertiary/aromatic N) is 3. The summed E-state index contributed by atoms with van der Waals surface area (Å²) in [6.45, 7) is 6.43. The van der Waals surface area contributed by atoms with Crippen molar-refractivity contribution >= 4 is 40.9 Å². The molecule has 7 heteroatoms. The van der Waals surface area contributed by atoms with Crippen molar-refractivity contribution in [1.82, 2.24) is 9.78 Å². The highest BCUT2D eigenvalue weighted by Crippen LogP contribution is 2.26. The Hall–Kier alpha value is -2.29. The number of nitriles is 1. The smallest absolute Gasteiger partial charge is 0.266 e. The summed E-state index contributed by atoms with van der Waals surface area (Å²) in [5.74, 6) is -0.551. The number of aromatic nitrogens is 2. The first-order valence-corrected chi connectivity index (χ1v) is 8.05. The van der Waals surface area contributed by atoms with E-state index < -0.39 is 5.91 Å². The molecule has 1 aromatic heterocycles. The molecule has 1 heterocycles. The summed E-state index contributed by atoms with van der Waals surface area (Å²) >= 11 is 11.9. The second kappa shape index (κ2) is 7.52. The van der Waals surface area contributed by atoms with E-state index in [9.17, 15) is 10.1 Å². The van der Waals surface area contributed by atoms with Gasteiger partial charge in [0.2, 0.25) is 0 Å². The highest BCUT2D eigenvalue weighted by molar-refractivity contribution is 6.36. The highest BCUT2D eigenvalue weighted by atomic mass is 35.5. The first kappa shape index (κ1) is 18.1. The fourth-order valence-electron chi connectivity index (χ4n) is 2.30. The van der Waals surface area contributed by atoms with Gasteiger partial charge in [-0.2, -0.15) is 10.4 Å². The molecule has 0 aliphatic carbocycles. The standard InChI is InChI=1S/C17H16Cl2N4O/c1-4-23-11(3)14(10(2)22-23)7-12(9-20)17(24)21-16-8-13(18)5-6-15(16)19/h5-8H,4H2,1-3H3,(H,21,24)/b12-7+. The molecule has 0 aliphatic heterocycles. The van der Waals surface area contributed by atoms with Crippen LogP contribution >= 0.6 is 23.2 Å². The maximum absolute atomic E-state index is 12.4. The molecule has 1 aromatic carbocycles. The molecule has 0 radical (unpaired) electrons. The molecule has 0 saturated carbocycles. The van der Waals surface area contributed by atoms with E-state index in [2.05, 4.69) is 10.4 Å². The van der Waals surface area contributed by atoms with E-state index in [4.69, 9.17) is 23.2 Å². The van der Waals surface area contributed by atoms with Crippen LogP contribution < -0.4 is 5.32 Å². The fraction of sp³-hybridized carbons (Fsp3) is 0.235. The monoisotopic (exact) mass is 362 g/mol. The minimum atomic E-state index is -0.551.